The molecule has 0 N–H and O–H groups in total. The minimum absolute atomic E-state index is 0.0274. The number of nitro groups is 1. The van der Waals surface area contributed by atoms with Crippen LogP contribution in [0.5, 0.6) is 11.5 Å². The number of nitro benzene ring substituents is 1. The summed E-state index contributed by atoms with van der Waals surface area (Å²) >= 11 is 0. The Morgan fingerprint density at radius 3 is 2.46 bits per heavy atom. The van der Waals surface area contributed by atoms with Gasteiger partial charge in [-0.2, -0.15) is 0 Å². The highest BCUT2D eigenvalue weighted by atomic mass is 16.7. The molecule has 0 radical (unpaired) electrons. The fourth-order valence-electron chi connectivity index (χ4n) is 2.62. The SMILES string of the molecule is Cc1ccc(C(=O)[C@H](C)OC(=O)/C=C/c2cc3c(cc2[N+](=O)[O-])OCO3)cc1. The Hall–Kier alpha value is -3.68. The summed E-state index contributed by atoms with van der Waals surface area (Å²) in [5.74, 6) is -0.513. The number of carbonyl (C=O) groups is 2. The lowest BCUT2D eigenvalue weighted by Gasteiger charge is -2.11. The predicted octanol–water partition coefficient (Wildman–Crippen LogP) is 3.46. The molecule has 0 aliphatic carbocycles. The fourth-order valence-corrected chi connectivity index (χ4v) is 2.62. The third-order valence-electron chi connectivity index (χ3n) is 4.12. The van der Waals surface area contributed by atoms with Crippen LogP contribution in [0, 0.1) is 17.0 Å². The van der Waals surface area contributed by atoms with Crippen molar-refractivity contribution in [2.75, 3.05) is 6.79 Å². The molecule has 0 saturated carbocycles. The Kier molecular flexibility index (Phi) is 5.39. The van der Waals surface area contributed by atoms with Gasteiger partial charge in [0.1, 0.15) is 0 Å². The number of aryl methyl sites for hydroxylation is 1. The van der Waals surface area contributed by atoms with E-state index >= 15 is 0 Å². The standard InChI is InChI=1S/C20H17NO7/c1-12-3-5-14(6-4-12)20(23)13(2)28-19(22)8-7-15-9-17-18(27-11-26-17)10-16(15)21(24)25/h3-10,13H,11H2,1-2H3/b8-7+/t13-/m0/s1. The summed E-state index contributed by atoms with van der Waals surface area (Å²) in [7, 11) is 0. The van der Waals surface area contributed by atoms with Crippen LogP contribution in [0.25, 0.3) is 6.08 Å². The number of rotatable bonds is 6. The quantitative estimate of drug-likeness (QED) is 0.247. The molecule has 28 heavy (non-hydrogen) atoms. The molecule has 2 aromatic rings. The van der Waals surface area contributed by atoms with Gasteiger partial charge in [-0.25, -0.2) is 4.79 Å². The molecule has 0 fully saturated rings. The fraction of sp³-hybridized carbons (Fsp3) is 0.200. The molecule has 144 valence electrons. The highest BCUT2D eigenvalue weighted by Gasteiger charge is 2.23. The van der Waals surface area contributed by atoms with Gasteiger partial charge in [0.25, 0.3) is 5.69 Å². The zero-order valence-electron chi connectivity index (χ0n) is 15.2. The average molecular weight is 383 g/mol. The lowest BCUT2D eigenvalue weighted by molar-refractivity contribution is -0.385. The first-order valence-electron chi connectivity index (χ1n) is 8.43. The van der Waals surface area contributed by atoms with Crippen LogP contribution in [0.15, 0.2) is 42.5 Å². The molecule has 0 saturated heterocycles. The van der Waals surface area contributed by atoms with E-state index in [1.165, 1.54) is 25.1 Å². The Balaban J connectivity index is 1.71. The summed E-state index contributed by atoms with van der Waals surface area (Å²) in [6.07, 6.45) is 1.28. The number of hydrogen-bond donors (Lipinski definition) is 0. The highest BCUT2D eigenvalue weighted by molar-refractivity contribution is 6.01. The van der Waals surface area contributed by atoms with Gasteiger partial charge >= 0.3 is 5.97 Å². The third kappa shape index (κ3) is 4.17. The Labute approximate surface area is 160 Å². The normalized spacial score (nSPS) is 13.4. The lowest BCUT2D eigenvalue weighted by Crippen LogP contribution is -2.23. The molecule has 0 aromatic heterocycles. The largest absolute Gasteiger partial charge is 0.454 e. The second kappa shape index (κ2) is 7.91. The maximum Gasteiger partial charge on any atom is 0.331 e. The monoisotopic (exact) mass is 383 g/mol. The topological polar surface area (TPSA) is 105 Å². The van der Waals surface area contributed by atoms with E-state index in [0.717, 1.165) is 11.6 Å². The second-order valence-corrected chi connectivity index (χ2v) is 6.16. The molecule has 1 atom stereocenters. The molecule has 1 aliphatic rings. The summed E-state index contributed by atoms with van der Waals surface area (Å²) in [4.78, 5) is 35.0. The molecule has 0 bridgehead atoms. The number of benzene rings is 2. The van der Waals surface area contributed by atoms with Crippen molar-refractivity contribution in [1.82, 2.24) is 0 Å². The van der Waals surface area contributed by atoms with Gasteiger partial charge in [0.05, 0.1) is 16.6 Å². The van der Waals surface area contributed by atoms with Crippen molar-refractivity contribution in [3.05, 3.63) is 69.3 Å². The summed E-state index contributed by atoms with van der Waals surface area (Å²) in [6, 6.07) is 9.55. The number of ether oxygens (including phenoxy) is 3. The zero-order valence-corrected chi connectivity index (χ0v) is 15.2. The van der Waals surface area contributed by atoms with E-state index < -0.39 is 17.0 Å². The van der Waals surface area contributed by atoms with E-state index in [4.69, 9.17) is 14.2 Å². The highest BCUT2D eigenvalue weighted by Crippen LogP contribution is 2.38. The molecular weight excluding hydrogens is 366 g/mol. The number of carbonyl (C=O) groups excluding carboxylic acids is 2. The maximum atomic E-state index is 12.3. The van der Waals surface area contributed by atoms with Gasteiger partial charge in [-0.1, -0.05) is 29.8 Å². The van der Waals surface area contributed by atoms with E-state index in [2.05, 4.69) is 0 Å². The number of hydrogen-bond acceptors (Lipinski definition) is 7. The average Bonchev–Trinajstić information content (AvgIpc) is 3.13. The molecule has 0 amide bonds. The van der Waals surface area contributed by atoms with Crippen LogP contribution >= 0.6 is 0 Å². The Morgan fingerprint density at radius 2 is 1.82 bits per heavy atom. The number of ketones is 1. The molecule has 8 nitrogen and oxygen atoms in total. The van der Waals surface area contributed by atoms with Gasteiger partial charge in [-0.05, 0) is 26.0 Å². The van der Waals surface area contributed by atoms with Crippen LogP contribution in [0.4, 0.5) is 5.69 Å². The molecule has 3 rings (SSSR count). The van der Waals surface area contributed by atoms with Crippen LogP contribution < -0.4 is 9.47 Å². The first-order valence-corrected chi connectivity index (χ1v) is 8.43. The Morgan fingerprint density at radius 1 is 1.18 bits per heavy atom. The minimum atomic E-state index is -0.994. The number of nitrogens with zero attached hydrogens (tertiary/aromatic N) is 1. The summed E-state index contributed by atoms with van der Waals surface area (Å²) < 4.78 is 15.4. The van der Waals surface area contributed by atoms with Gasteiger partial charge in [0.2, 0.25) is 12.6 Å². The van der Waals surface area contributed by atoms with Crippen LogP contribution in [0.2, 0.25) is 0 Å². The zero-order chi connectivity index (χ0) is 20.3. The Bertz CT molecular complexity index is 963. The van der Waals surface area contributed by atoms with Crippen molar-refractivity contribution in [3.8, 4) is 11.5 Å². The minimum Gasteiger partial charge on any atom is -0.454 e. The van der Waals surface area contributed by atoms with Crippen LogP contribution in [0.3, 0.4) is 0 Å². The van der Waals surface area contributed by atoms with Crippen molar-refractivity contribution >= 4 is 23.5 Å². The van der Waals surface area contributed by atoms with E-state index in [0.29, 0.717) is 11.3 Å². The lowest BCUT2D eigenvalue weighted by atomic mass is 10.1. The maximum absolute atomic E-state index is 12.3. The molecule has 8 heteroatoms. The van der Waals surface area contributed by atoms with Crippen molar-refractivity contribution < 1.29 is 28.7 Å². The molecule has 1 aliphatic heterocycles. The predicted molar refractivity (Wildman–Crippen MR) is 99.3 cm³/mol. The van der Waals surface area contributed by atoms with Crippen molar-refractivity contribution in [3.63, 3.8) is 0 Å². The van der Waals surface area contributed by atoms with E-state index in [1.807, 2.05) is 6.92 Å². The van der Waals surface area contributed by atoms with Gasteiger partial charge in [-0.15, -0.1) is 0 Å². The summed E-state index contributed by atoms with van der Waals surface area (Å²) in [5, 5.41) is 11.2. The number of esters is 1. The van der Waals surface area contributed by atoms with E-state index in [-0.39, 0.29) is 29.6 Å². The first-order chi connectivity index (χ1) is 13.3. The van der Waals surface area contributed by atoms with Gasteiger partial charge in [-0.3, -0.25) is 14.9 Å². The van der Waals surface area contributed by atoms with Crippen molar-refractivity contribution in [1.29, 1.82) is 0 Å². The smallest absolute Gasteiger partial charge is 0.331 e. The first kappa shape index (κ1) is 19.1. The molecule has 0 unspecified atom stereocenters. The van der Waals surface area contributed by atoms with Crippen LogP contribution in [-0.4, -0.2) is 29.6 Å². The van der Waals surface area contributed by atoms with Gasteiger partial charge in [0.15, 0.2) is 17.6 Å². The van der Waals surface area contributed by atoms with Crippen LogP contribution in [-0.2, 0) is 9.53 Å². The second-order valence-electron chi connectivity index (χ2n) is 6.16. The van der Waals surface area contributed by atoms with E-state index in [1.54, 1.807) is 24.3 Å². The molecular formula is C20H17NO7. The molecule has 0 spiro atoms. The number of fused-ring (bicyclic) bond motifs is 1. The van der Waals surface area contributed by atoms with Gasteiger partial charge in [0, 0.05) is 11.6 Å². The van der Waals surface area contributed by atoms with E-state index in [9.17, 15) is 19.7 Å². The number of Topliss-reactive ketones (excluding diaryl/α,β-unsaturated/α-hetero) is 1. The van der Waals surface area contributed by atoms with Crippen LogP contribution in [0.1, 0.15) is 28.4 Å². The third-order valence-corrected chi connectivity index (χ3v) is 4.12. The summed E-state index contributed by atoms with van der Waals surface area (Å²) in [6.45, 7) is 3.34. The summed E-state index contributed by atoms with van der Waals surface area (Å²) in [5.41, 5.74) is 1.36. The van der Waals surface area contributed by atoms with Gasteiger partial charge < -0.3 is 14.2 Å². The van der Waals surface area contributed by atoms with Crippen molar-refractivity contribution in [2.45, 2.75) is 20.0 Å². The molecule has 1 heterocycles. The van der Waals surface area contributed by atoms with Crippen molar-refractivity contribution in [2.24, 2.45) is 0 Å². The molecule has 2 aromatic carbocycles.